The molecule has 57 heavy (non-hydrogen) atoms. The van der Waals surface area contributed by atoms with Crippen LogP contribution >= 0.6 is 0 Å². The maximum absolute atomic E-state index is 13.1. The molecular weight excluding hydrogens is 727 g/mol. The van der Waals surface area contributed by atoms with E-state index in [1.807, 2.05) is 0 Å². The summed E-state index contributed by atoms with van der Waals surface area (Å²) in [6, 6.07) is -1.16. The fourth-order valence-corrected chi connectivity index (χ4v) is 7.86. The zero-order chi connectivity index (χ0) is 42.1. The second-order valence-corrected chi connectivity index (χ2v) is 17.7. The Hall–Kier alpha value is -0.890. The van der Waals surface area contributed by atoms with Gasteiger partial charge in [-0.2, -0.15) is 0 Å². The molecule has 11 heteroatoms. The second kappa shape index (κ2) is 35.8. The smallest absolute Gasteiger partial charge is 0.249 e. The summed E-state index contributed by atoms with van der Waals surface area (Å²) in [5.41, 5.74) is 0. The summed E-state index contributed by atoms with van der Waals surface area (Å²) in [5, 5.41) is 75.6. The summed E-state index contributed by atoms with van der Waals surface area (Å²) in [7, 11) is 0. The molecule has 0 aromatic heterocycles. The van der Waals surface area contributed by atoms with E-state index in [0.29, 0.717) is 19.3 Å². The van der Waals surface area contributed by atoms with Gasteiger partial charge in [0.05, 0.1) is 25.4 Å². The first-order valence-corrected chi connectivity index (χ1v) is 23.8. The van der Waals surface area contributed by atoms with Gasteiger partial charge in [0.15, 0.2) is 6.29 Å². The Morgan fingerprint density at radius 1 is 0.579 bits per heavy atom. The van der Waals surface area contributed by atoms with Crippen LogP contribution in [0, 0.1) is 5.92 Å². The minimum absolute atomic E-state index is 0.265. The van der Waals surface area contributed by atoms with Gasteiger partial charge in [-0.25, -0.2) is 0 Å². The summed E-state index contributed by atoms with van der Waals surface area (Å²) >= 11 is 0. The van der Waals surface area contributed by atoms with E-state index >= 15 is 0 Å². The van der Waals surface area contributed by atoms with Crippen LogP contribution in [0.1, 0.15) is 213 Å². The Kier molecular flexibility index (Phi) is 34.0. The number of hydrogen-bond acceptors (Lipinski definition) is 10. The SMILES string of the molecule is CCCCCCCCCCCCCCCCCCCCC[C@@H](O)C(=O)N[C@@H](CO[C@@H]1O[C@H](CO)[C@H](O)[C@H](O)[C@@H]1O)[C@H](O)[C@H](O)CCCCCCCCCCC(C)C. The lowest BCUT2D eigenvalue weighted by Crippen LogP contribution is -2.60. The van der Waals surface area contributed by atoms with E-state index < -0.39 is 74.2 Å². The van der Waals surface area contributed by atoms with Crippen molar-refractivity contribution in [2.45, 2.75) is 268 Å². The summed E-state index contributed by atoms with van der Waals surface area (Å²) in [6.07, 6.45) is 23.1. The summed E-state index contributed by atoms with van der Waals surface area (Å²) < 4.78 is 11.1. The maximum atomic E-state index is 13.1. The van der Waals surface area contributed by atoms with Crippen LogP contribution in [0.5, 0.6) is 0 Å². The van der Waals surface area contributed by atoms with Gasteiger partial charge in [-0.05, 0) is 18.8 Å². The molecule has 1 aliphatic heterocycles. The van der Waals surface area contributed by atoms with Gasteiger partial charge in [0.25, 0.3) is 0 Å². The van der Waals surface area contributed by atoms with Crippen LogP contribution in [-0.2, 0) is 14.3 Å². The number of carbonyl (C=O) groups is 1. The normalized spacial score (nSPS) is 22.1. The minimum atomic E-state index is -1.66. The van der Waals surface area contributed by atoms with Crippen molar-refractivity contribution in [3.8, 4) is 0 Å². The lowest BCUT2D eigenvalue weighted by atomic mass is 9.98. The van der Waals surface area contributed by atoms with Gasteiger partial charge in [0, 0.05) is 0 Å². The van der Waals surface area contributed by atoms with Crippen molar-refractivity contribution in [1.82, 2.24) is 5.32 Å². The average Bonchev–Trinajstić information content (AvgIpc) is 3.20. The molecule has 0 aromatic carbocycles. The highest BCUT2D eigenvalue weighted by atomic mass is 16.7. The molecule has 0 spiro atoms. The quantitative estimate of drug-likeness (QED) is 0.0285. The molecule has 1 heterocycles. The third-order valence-electron chi connectivity index (χ3n) is 11.8. The Bertz CT molecular complexity index is 910. The lowest BCUT2D eigenvalue weighted by molar-refractivity contribution is -0.303. The zero-order valence-electron chi connectivity index (χ0n) is 36.8. The number of ether oxygens (including phenoxy) is 2. The van der Waals surface area contributed by atoms with Crippen LogP contribution in [0.2, 0.25) is 0 Å². The van der Waals surface area contributed by atoms with E-state index in [9.17, 15) is 40.5 Å². The van der Waals surface area contributed by atoms with Crippen LogP contribution < -0.4 is 5.32 Å². The minimum Gasteiger partial charge on any atom is -0.394 e. The Labute approximate surface area is 348 Å². The number of rotatable bonds is 39. The molecule has 0 aliphatic carbocycles. The van der Waals surface area contributed by atoms with Crippen LogP contribution in [-0.4, -0.2) is 110 Å². The van der Waals surface area contributed by atoms with E-state index in [1.165, 1.54) is 128 Å². The molecule has 8 N–H and O–H groups in total. The molecule has 11 nitrogen and oxygen atoms in total. The molecule has 1 fully saturated rings. The number of hydrogen-bond donors (Lipinski definition) is 8. The third kappa shape index (κ3) is 26.8. The first-order chi connectivity index (χ1) is 27.5. The molecule has 0 unspecified atom stereocenters. The Morgan fingerprint density at radius 2 is 0.982 bits per heavy atom. The highest BCUT2D eigenvalue weighted by Crippen LogP contribution is 2.23. The van der Waals surface area contributed by atoms with Crippen molar-refractivity contribution in [2.24, 2.45) is 5.92 Å². The van der Waals surface area contributed by atoms with Crippen LogP contribution in [0.4, 0.5) is 0 Å². The van der Waals surface area contributed by atoms with Gasteiger partial charge >= 0.3 is 0 Å². The topological polar surface area (TPSA) is 189 Å². The lowest BCUT2D eigenvalue weighted by Gasteiger charge is -2.40. The molecule has 0 radical (unpaired) electrons. The molecule has 1 saturated heterocycles. The molecule has 0 saturated carbocycles. The monoisotopic (exact) mass is 818 g/mol. The van der Waals surface area contributed by atoms with Gasteiger partial charge in [0.2, 0.25) is 5.91 Å². The van der Waals surface area contributed by atoms with Crippen LogP contribution in [0.25, 0.3) is 0 Å². The Balaban J connectivity index is 2.39. The molecular formula is C46H91NO10. The predicted molar refractivity (Wildman–Crippen MR) is 229 cm³/mol. The molecule has 1 rings (SSSR count). The predicted octanol–water partition coefficient (Wildman–Crippen LogP) is 7.75. The van der Waals surface area contributed by atoms with Crippen LogP contribution in [0.3, 0.4) is 0 Å². The van der Waals surface area contributed by atoms with Crippen molar-refractivity contribution in [3.05, 3.63) is 0 Å². The second-order valence-electron chi connectivity index (χ2n) is 17.7. The van der Waals surface area contributed by atoms with Crippen molar-refractivity contribution in [1.29, 1.82) is 0 Å². The maximum Gasteiger partial charge on any atom is 0.249 e. The molecule has 1 aliphatic rings. The molecule has 0 bridgehead atoms. The van der Waals surface area contributed by atoms with Gasteiger partial charge < -0.3 is 50.5 Å². The first-order valence-electron chi connectivity index (χ1n) is 23.8. The number of nitrogens with one attached hydrogen (secondary N) is 1. The molecule has 9 atom stereocenters. The van der Waals surface area contributed by atoms with Crippen molar-refractivity contribution >= 4 is 5.91 Å². The first kappa shape index (κ1) is 54.1. The third-order valence-corrected chi connectivity index (χ3v) is 11.8. The standard InChI is InChI=1S/C46H91NO10/c1-4-5-6-7-8-9-10-11-12-13-14-15-16-17-18-19-24-27-30-33-39(50)45(55)47-37(35-56-46-44(54)43(53)42(52)40(34-48)57-46)41(51)38(49)32-29-26-23-21-20-22-25-28-31-36(2)3/h36-44,46,48-54H,4-35H2,1-3H3,(H,47,55)/t37-,38+,39+,40+,41-,42-,43-,44-,46+/m0/s1. The van der Waals surface area contributed by atoms with E-state index in [-0.39, 0.29) is 6.42 Å². The highest BCUT2D eigenvalue weighted by Gasteiger charge is 2.44. The van der Waals surface area contributed by atoms with Crippen molar-refractivity contribution in [3.63, 3.8) is 0 Å². The van der Waals surface area contributed by atoms with E-state index in [4.69, 9.17) is 9.47 Å². The summed E-state index contributed by atoms with van der Waals surface area (Å²) in [6.45, 7) is 5.72. The van der Waals surface area contributed by atoms with E-state index in [2.05, 4.69) is 26.1 Å². The Morgan fingerprint density at radius 3 is 1.40 bits per heavy atom. The zero-order valence-corrected chi connectivity index (χ0v) is 36.8. The van der Waals surface area contributed by atoms with Crippen molar-refractivity contribution in [2.75, 3.05) is 13.2 Å². The number of unbranched alkanes of at least 4 members (excludes halogenated alkanes) is 25. The number of amides is 1. The van der Waals surface area contributed by atoms with E-state index in [1.54, 1.807) is 0 Å². The van der Waals surface area contributed by atoms with Crippen LogP contribution in [0.15, 0.2) is 0 Å². The number of carbonyl (C=O) groups excluding carboxylic acids is 1. The van der Waals surface area contributed by atoms with E-state index in [0.717, 1.165) is 44.4 Å². The average molecular weight is 818 g/mol. The molecule has 340 valence electrons. The highest BCUT2D eigenvalue weighted by molar-refractivity contribution is 5.80. The summed E-state index contributed by atoms with van der Waals surface area (Å²) in [4.78, 5) is 13.1. The fourth-order valence-electron chi connectivity index (χ4n) is 7.86. The van der Waals surface area contributed by atoms with Gasteiger partial charge in [-0.15, -0.1) is 0 Å². The molecule has 1 amide bonds. The number of aliphatic hydroxyl groups excluding tert-OH is 7. The summed E-state index contributed by atoms with van der Waals surface area (Å²) in [5.74, 6) is 0.0525. The van der Waals surface area contributed by atoms with Gasteiger partial charge in [-0.1, -0.05) is 201 Å². The van der Waals surface area contributed by atoms with Gasteiger partial charge in [0.1, 0.15) is 36.6 Å². The number of aliphatic hydroxyl groups is 7. The van der Waals surface area contributed by atoms with Gasteiger partial charge in [-0.3, -0.25) is 4.79 Å². The largest absolute Gasteiger partial charge is 0.394 e. The molecule has 0 aromatic rings. The van der Waals surface area contributed by atoms with Crippen molar-refractivity contribution < 1.29 is 50.0 Å². The fraction of sp³-hybridized carbons (Fsp3) is 0.978.